The van der Waals surface area contributed by atoms with Gasteiger partial charge in [0, 0.05) is 23.9 Å². The fourth-order valence-electron chi connectivity index (χ4n) is 2.60. The van der Waals surface area contributed by atoms with E-state index in [1.807, 2.05) is 25.1 Å². The lowest BCUT2D eigenvalue weighted by Crippen LogP contribution is -2.23. The number of hydrogen-bond acceptors (Lipinski definition) is 2. The predicted molar refractivity (Wildman–Crippen MR) is 98.7 cm³/mol. The molecule has 1 N–H and O–H groups in total. The molecule has 1 aromatic carbocycles. The number of allylic oxidation sites excluding steroid dienone is 1. The number of unbranched alkanes of at least 4 members (excludes halogenated alkanes) is 2. The second-order valence-corrected chi connectivity index (χ2v) is 6.76. The Hall–Kier alpha value is -1.62. The summed E-state index contributed by atoms with van der Waals surface area (Å²) in [5.41, 5.74) is 2.18. The van der Waals surface area contributed by atoms with E-state index in [4.69, 9.17) is 4.98 Å². The topological polar surface area (TPSA) is 46.9 Å². The fraction of sp³-hybridized carbons (Fsp3) is 0.444. The monoisotopic (exact) mass is 377 g/mol. The minimum atomic E-state index is 0.127. The van der Waals surface area contributed by atoms with E-state index in [0.717, 1.165) is 60.1 Å². The first-order valence-electron chi connectivity index (χ1n) is 8.16. The molecule has 124 valence electrons. The number of aromatic nitrogens is 2. The van der Waals surface area contributed by atoms with Gasteiger partial charge >= 0.3 is 0 Å². The number of benzene rings is 1. The molecule has 1 amide bonds. The Balaban J connectivity index is 1.91. The van der Waals surface area contributed by atoms with Crippen molar-refractivity contribution in [2.45, 2.75) is 45.6 Å². The number of fused-ring (bicyclic) bond motifs is 1. The predicted octanol–water partition coefficient (Wildman–Crippen LogP) is 4.18. The number of halogens is 1. The number of carbonyl (C=O) groups is 1. The Morgan fingerprint density at radius 3 is 2.83 bits per heavy atom. The number of nitrogens with zero attached hydrogens (tertiary/aromatic N) is 2. The minimum absolute atomic E-state index is 0.127. The molecule has 5 heteroatoms. The third-order valence-electron chi connectivity index (χ3n) is 3.78. The number of imidazole rings is 1. The maximum absolute atomic E-state index is 11.2. The van der Waals surface area contributed by atoms with Gasteiger partial charge in [0.15, 0.2) is 0 Å². The molecule has 2 aromatic rings. The van der Waals surface area contributed by atoms with Crippen LogP contribution in [0.25, 0.3) is 11.0 Å². The van der Waals surface area contributed by atoms with Crippen molar-refractivity contribution in [1.82, 2.24) is 14.9 Å². The Labute approximate surface area is 146 Å². The first-order valence-corrected chi connectivity index (χ1v) is 8.95. The van der Waals surface area contributed by atoms with Gasteiger partial charge < -0.3 is 9.88 Å². The highest BCUT2D eigenvalue weighted by Crippen LogP contribution is 2.20. The number of nitrogens with one attached hydrogen (secondary N) is 1. The maximum atomic E-state index is 11.2. The first kappa shape index (κ1) is 17.7. The Morgan fingerprint density at radius 2 is 2.09 bits per heavy atom. The van der Waals surface area contributed by atoms with E-state index in [0.29, 0.717) is 6.42 Å². The van der Waals surface area contributed by atoms with E-state index in [-0.39, 0.29) is 5.91 Å². The molecule has 0 radical (unpaired) electrons. The Morgan fingerprint density at radius 1 is 1.30 bits per heavy atom. The van der Waals surface area contributed by atoms with Gasteiger partial charge in [-0.05, 0) is 25.0 Å². The van der Waals surface area contributed by atoms with Gasteiger partial charge in [-0.15, -0.1) is 0 Å². The average molecular weight is 378 g/mol. The zero-order chi connectivity index (χ0) is 16.7. The quantitative estimate of drug-likeness (QED) is 0.666. The smallest absolute Gasteiger partial charge is 0.219 e. The highest BCUT2D eigenvalue weighted by molar-refractivity contribution is 9.11. The van der Waals surface area contributed by atoms with Gasteiger partial charge in [0.05, 0.1) is 17.6 Å². The summed E-state index contributed by atoms with van der Waals surface area (Å²) in [5.74, 6) is 1.23. The lowest BCUT2D eigenvalue weighted by Gasteiger charge is -2.08. The molecule has 0 saturated carbocycles. The van der Waals surface area contributed by atoms with Crippen molar-refractivity contribution in [3.8, 4) is 0 Å². The summed E-state index contributed by atoms with van der Waals surface area (Å²) < 4.78 is 3.18. The molecule has 0 aliphatic carbocycles. The number of rotatable bonds is 9. The highest BCUT2D eigenvalue weighted by Gasteiger charge is 2.10. The van der Waals surface area contributed by atoms with Gasteiger partial charge in [-0.1, -0.05) is 48.0 Å². The van der Waals surface area contributed by atoms with Crippen LogP contribution in [0.15, 0.2) is 35.3 Å². The summed E-state index contributed by atoms with van der Waals surface area (Å²) >= 11 is 3.46. The number of hydrogen-bond donors (Lipinski definition) is 1. The summed E-state index contributed by atoms with van der Waals surface area (Å²) in [5, 5.41) is 2.91. The molecule has 0 spiro atoms. The summed E-state index contributed by atoms with van der Waals surface area (Å²) in [7, 11) is 0. The van der Waals surface area contributed by atoms with Crippen LogP contribution in [-0.2, 0) is 17.8 Å². The lowest BCUT2D eigenvalue weighted by atomic mass is 10.2. The number of aryl methyl sites for hydroxylation is 1. The van der Waals surface area contributed by atoms with Gasteiger partial charge in [0.1, 0.15) is 5.82 Å². The summed E-state index contributed by atoms with van der Waals surface area (Å²) in [6, 6.07) is 8.20. The molecule has 0 aliphatic rings. The van der Waals surface area contributed by atoms with Crippen LogP contribution in [0, 0.1) is 0 Å². The molecule has 1 heterocycles. The van der Waals surface area contributed by atoms with Crippen molar-refractivity contribution >= 4 is 32.9 Å². The van der Waals surface area contributed by atoms with E-state index in [1.54, 1.807) is 0 Å². The molecular formula is C18H24BrN3O. The van der Waals surface area contributed by atoms with E-state index in [1.165, 1.54) is 0 Å². The van der Waals surface area contributed by atoms with Crippen molar-refractivity contribution in [3.05, 3.63) is 41.2 Å². The van der Waals surface area contributed by atoms with Crippen LogP contribution in [0.5, 0.6) is 0 Å². The van der Waals surface area contributed by atoms with Crippen LogP contribution in [0.2, 0.25) is 0 Å². The highest BCUT2D eigenvalue weighted by atomic mass is 79.9. The lowest BCUT2D eigenvalue weighted by molar-refractivity contribution is -0.120. The molecule has 2 rings (SSSR count). The fourth-order valence-corrected chi connectivity index (χ4v) is 2.85. The molecule has 0 fully saturated rings. The number of para-hydroxylation sites is 2. The van der Waals surface area contributed by atoms with Crippen molar-refractivity contribution in [1.29, 1.82) is 0 Å². The Kier molecular flexibility index (Phi) is 6.84. The second kappa shape index (κ2) is 8.87. The zero-order valence-corrected chi connectivity index (χ0v) is 15.2. The van der Waals surface area contributed by atoms with Crippen molar-refractivity contribution in [2.24, 2.45) is 0 Å². The van der Waals surface area contributed by atoms with Crippen LogP contribution in [0.3, 0.4) is 0 Å². The molecule has 0 atom stereocenters. The largest absolute Gasteiger partial charge is 0.356 e. The number of carbonyl (C=O) groups excluding carboxylic acids is 1. The normalized spacial score (nSPS) is 10.9. The summed E-state index contributed by atoms with van der Waals surface area (Å²) in [4.78, 5) is 15.9. The van der Waals surface area contributed by atoms with Crippen LogP contribution < -0.4 is 5.32 Å². The summed E-state index contributed by atoms with van der Waals surface area (Å²) in [6.07, 6.45) is 4.66. The van der Waals surface area contributed by atoms with Crippen molar-refractivity contribution < 1.29 is 4.79 Å². The second-order valence-electron chi connectivity index (χ2n) is 5.63. The zero-order valence-electron chi connectivity index (χ0n) is 13.6. The first-order chi connectivity index (χ1) is 11.1. The molecule has 0 saturated heterocycles. The maximum Gasteiger partial charge on any atom is 0.219 e. The third-order valence-corrected chi connectivity index (χ3v) is 4.03. The molecule has 23 heavy (non-hydrogen) atoms. The van der Waals surface area contributed by atoms with Crippen LogP contribution in [0.4, 0.5) is 0 Å². The molecule has 0 bridgehead atoms. The standard InChI is InChI=1S/C18H24BrN3O/c1-3-18(23)20-12-8-4-5-11-17-21-15-9-6-7-10-16(15)22(17)13-14(2)19/h6-7,9-10H,2-5,8,11-13H2,1H3,(H,20,23). The molecular weight excluding hydrogens is 354 g/mol. The van der Waals surface area contributed by atoms with Crippen LogP contribution in [0.1, 0.15) is 38.4 Å². The van der Waals surface area contributed by atoms with Crippen LogP contribution in [-0.4, -0.2) is 22.0 Å². The van der Waals surface area contributed by atoms with Crippen molar-refractivity contribution in [3.63, 3.8) is 0 Å². The third kappa shape index (κ3) is 5.20. The number of amides is 1. The van der Waals surface area contributed by atoms with E-state index in [9.17, 15) is 4.79 Å². The Bertz CT molecular complexity index is 678. The van der Waals surface area contributed by atoms with Gasteiger partial charge in [-0.25, -0.2) is 4.98 Å². The van der Waals surface area contributed by atoms with Gasteiger partial charge in [-0.3, -0.25) is 4.79 Å². The SMILES string of the molecule is C=C(Br)Cn1c(CCCCCNC(=O)CC)nc2ccccc21. The van der Waals surface area contributed by atoms with Crippen LogP contribution >= 0.6 is 15.9 Å². The molecule has 0 aliphatic heterocycles. The van der Waals surface area contributed by atoms with E-state index in [2.05, 4.69) is 38.5 Å². The average Bonchev–Trinajstić information content (AvgIpc) is 2.87. The molecule has 4 nitrogen and oxygen atoms in total. The van der Waals surface area contributed by atoms with E-state index >= 15 is 0 Å². The van der Waals surface area contributed by atoms with Crippen molar-refractivity contribution in [2.75, 3.05) is 6.54 Å². The summed E-state index contributed by atoms with van der Waals surface area (Å²) in [6.45, 7) is 7.33. The van der Waals surface area contributed by atoms with Gasteiger partial charge in [0.2, 0.25) is 5.91 Å². The van der Waals surface area contributed by atoms with E-state index < -0.39 is 0 Å². The van der Waals surface area contributed by atoms with Gasteiger partial charge in [0.25, 0.3) is 0 Å². The molecule has 1 aromatic heterocycles. The molecule has 0 unspecified atom stereocenters. The minimum Gasteiger partial charge on any atom is -0.356 e. The van der Waals surface area contributed by atoms with Gasteiger partial charge in [-0.2, -0.15) is 0 Å².